The first-order valence-corrected chi connectivity index (χ1v) is 9.38. The lowest BCUT2D eigenvalue weighted by Crippen LogP contribution is -2.38. The van der Waals surface area contributed by atoms with Crippen molar-refractivity contribution in [3.63, 3.8) is 0 Å². The van der Waals surface area contributed by atoms with Crippen molar-refractivity contribution in [3.05, 3.63) is 65.4 Å². The molecular formula is C20H18F3N7O2. The zero-order chi connectivity index (χ0) is 23.0. The number of hydrogen-bond donors (Lipinski definition) is 2. The number of methoxy groups -OCH3 is 1. The highest BCUT2D eigenvalue weighted by Gasteiger charge is 2.37. The summed E-state index contributed by atoms with van der Waals surface area (Å²) in [6.45, 7) is 1.46. The number of benzene rings is 1. The third kappa shape index (κ3) is 3.74. The number of anilines is 1. The molecule has 1 aliphatic rings. The van der Waals surface area contributed by atoms with E-state index in [9.17, 15) is 18.0 Å². The summed E-state index contributed by atoms with van der Waals surface area (Å²) >= 11 is 0. The molecule has 0 aliphatic carbocycles. The molecule has 0 saturated heterocycles. The van der Waals surface area contributed by atoms with Crippen LogP contribution in [0.2, 0.25) is 0 Å². The number of alkyl halides is 2. The van der Waals surface area contributed by atoms with Gasteiger partial charge in [0.1, 0.15) is 28.6 Å². The minimum Gasteiger partial charge on any atom is -0.480 e. The van der Waals surface area contributed by atoms with Crippen LogP contribution >= 0.6 is 0 Å². The first kappa shape index (κ1) is 21.3. The van der Waals surface area contributed by atoms with Crippen molar-refractivity contribution >= 4 is 17.4 Å². The van der Waals surface area contributed by atoms with Gasteiger partial charge >= 0.3 is 0 Å². The molecule has 1 aliphatic heterocycles. The number of hydrogen-bond acceptors (Lipinski definition) is 7. The van der Waals surface area contributed by atoms with Crippen molar-refractivity contribution < 1.29 is 22.7 Å². The first-order chi connectivity index (χ1) is 15.2. The van der Waals surface area contributed by atoms with Crippen LogP contribution in [-0.4, -0.2) is 38.4 Å². The van der Waals surface area contributed by atoms with Crippen molar-refractivity contribution in [3.8, 4) is 5.88 Å². The second-order valence-corrected chi connectivity index (χ2v) is 7.25. The van der Waals surface area contributed by atoms with Gasteiger partial charge in [0.2, 0.25) is 5.88 Å². The molecule has 1 aromatic carbocycles. The first-order valence-electron chi connectivity index (χ1n) is 9.38. The lowest BCUT2D eigenvalue weighted by molar-refractivity contribution is 0.102. The third-order valence-corrected chi connectivity index (χ3v) is 5.05. The van der Waals surface area contributed by atoms with Gasteiger partial charge in [-0.3, -0.25) is 9.79 Å². The van der Waals surface area contributed by atoms with Gasteiger partial charge in [-0.25, -0.2) is 28.1 Å². The fourth-order valence-corrected chi connectivity index (χ4v) is 3.50. The predicted octanol–water partition coefficient (Wildman–Crippen LogP) is 2.65. The fraction of sp³-hybridized carbons (Fsp3) is 0.250. The molecule has 3 N–H and O–H groups in total. The van der Waals surface area contributed by atoms with Crippen LogP contribution in [0.25, 0.3) is 0 Å². The summed E-state index contributed by atoms with van der Waals surface area (Å²) in [6.07, 6.45) is 0.899. The number of ether oxygens (including phenoxy) is 1. The molecule has 9 nitrogen and oxygen atoms in total. The summed E-state index contributed by atoms with van der Waals surface area (Å²) in [5.74, 6) is -1.49. The third-order valence-electron chi connectivity index (χ3n) is 5.05. The van der Waals surface area contributed by atoms with Crippen molar-refractivity contribution in [1.82, 2.24) is 19.5 Å². The molecule has 0 bridgehead atoms. The summed E-state index contributed by atoms with van der Waals surface area (Å²) in [5, 5.41) is 2.61. The number of carbonyl (C=O) groups is 1. The van der Waals surface area contributed by atoms with Crippen LogP contribution in [0.15, 0.2) is 41.8 Å². The number of halogens is 3. The second kappa shape index (κ2) is 7.94. The maximum atomic E-state index is 14.8. The highest BCUT2D eigenvalue weighted by Crippen LogP contribution is 2.36. The molecule has 1 atom stereocenters. The number of aromatic nitrogens is 4. The summed E-state index contributed by atoms with van der Waals surface area (Å²) in [7, 11) is 1.42. The highest BCUT2D eigenvalue weighted by molar-refractivity contribution is 6.02. The van der Waals surface area contributed by atoms with Crippen LogP contribution in [0.4, 0.5) is 18.9 Å². The SMILES string of the molecule is COc1cnc(C(=O)Nc2ccc(F)c([C@]3(C)Cn4c(cnc4C(F)F)C(N)=N3)c2)cn1. The quantitative estimate of drug-likeness (QED) is 0.623. The van der Waals surface area contributed by atoms with Gasteiger partial charge in [-0.15, -0.1) is 0 Å². The monoisotopic (exact) mass is 445 g/mol. The molecule has 32 heavy (non-hydrogen) atoms. The van der Waals surface area contributed by atoms with E-state index in [1.807, 2.05) is 0 Å². The van der Waals surface area contributed by atoms with Crippen LogP contribution in [0.3, 0.4) is 0 Å². The molecule has 3 aromatic rings. The minimum absolute atomic E-state index is 0.0208. The average Bonchev–Trinajstić information content (AvgIpc) is 3.19. The van der Waals surface area contributed by atoms with E-state index in [4.69, 9.17) is 10.5 Å². The Balaban J connectivity index is 1.65. The molecule has 2 aromatic heterocycles. The van der Waals surface area contributed by atoms with Crippen LogP contribution in [0.5, 0.6) is 5.88 Å². The Hall–Kier alpha value is -3.96. The summed E-state index contributed by atoms with van der Waals surface area (Å²) in [4.78, 5) is 28.4. The standard InChI is InChI=1S/C20H18F3N7O2/c1-20(9-30-14(17(24)29-20)7-27-18(30)16(22)23)11-5-10(3-4-12(11)21)28-19(31)13-6-26-15(32-2)8-25-13/h3-8,16H,9H2,1-2H3,(H2,24,29)(H,28,31)/t20-/m0/s1. The predicted molar refractivity (Wildman–Crippen MR) is 108 cm³/mol. The number of fused-ring (bicyclic) bond motifs is 1. The minimum atomic E-state index is -2.83. The fourth-order valence-electron chi connectivity index (χ4n) is 3.50. The van der Waals surface area contributed by atoms with E-state index in [1.54, 1.807) is 6.92 Å². The van der Waals surface area contributed by atoms with Crippen molar-refractivity contribution in [2.75, 3.05) is 12.4 Å². The van der Waals surface area contributed by atoms with E-state index in [0.29, 0.717) is 0 Å². The van der Waals surface area contributed by atoms with Gasteiger partial charge in [0, 0.05) is 11.3 Å². The molecule has 166 valence electrons. The summed E-state index contributed by atoms with van der Waals surface area (Å²) in [6, 6.07) is 3.89. The maximum Gasteiger partial charge on any atom is 0.295 e. The Bertz CT molecular complexity index is 1210. The summed E-state index contributed by atoms with van der Waals surface area (Å²) in [5.41, 5.74) is 5.23. The number of nitrogens with one attached hydrogen (secondary N) is 1. The number of carbonyl (C=O) groups excluding carboxylic acids is 1. The molecular weight excluding hydrogens is 427 g/mol. The number of imidazole rings is 1. The Morgan fingerprint density at radius 1 is 1.25 bits per heavy atom. The number of nitrogens with two attached hydrogens (primary N) is 1. The lowest BCUT2D eigenvalue weighted by Gasteiger charge is -2.32. The number of nitrogens with zero attached hydrogens (tertiary/aromatic N) is 5. The molecule has 3 heterocycles. The zero-order valence-corrected chi connectivity index (χ0v) is 17.0. The summed E-state index contributed by atoms with van der Waals surface area (Å²) < 4.78 is 47.7. The van der Waals surface area contributed by atoms with E-state index in [0.717, 1.165) is 6.07 Å². The number of amides is 1. The van der Waals surface area contributed by atoms with Gasteiger partial charge in [-0.1, -0.05) is 0 Å². The molecule has 0 radical (unpaired) electrons. The Kier molecular flexibility index (Phi) is 5.28. The van der Waals surface area contributed by atoms with Gasteiger partial charge in [0.15, 0.2) is 5.82 Å². The highest BCUT2D eigenvalue weighted by atomic mass is 19.3. The molecule has 12 heteroatoms. The van der Waals surface area contributed by atoms with Gasteiger partial charge in [0.25, 0.3) is 12.3 Å². The smallest absolute Gasteiger partial charge is 0.295 e. The van der Waals surface area contributed by atoms with Crippen molar-refractivity contribution in [2.24, 2.45) is 10.7 Å². The molecule has 0 fully saturated rings. The van der Waals surface area contributed by atoms with Crippen molar-refractivity contribution in [1.29, 1.82) is 0 Å². The molecule has 1 amide bonds. The Morgan fingerprint density at radius 3 is 2.69 bits per heavy atom. The number of amidine groups is 1. The molecule has 0 saturated carbocycles. The lowest BCUT2D eigenvalue weighted by atomic mass is 9.90. The maximum absolute atomic E-state index is 14.8. The van der Waals surface area contributed by atoms with Gasteiger partial charge in [0.05, 0.1) is 32.2 Å². The average molecular weight is 445 g/mol. The van der Waals surface area contributed by atoms with Crippen LogP contribution in [0, 0.1) is 5.82 Å². The largest absolute Gasteiger partial charge is 0.480 e. The topological polar surface area (TPSA) is 120 Å². The number of aliphatic imine (C=N–C) groups is 1. The van der Waals surface area contributed by atoms with E-state index in [-0.39, 0.29) is 40.9 Å². The van der Waals surface area contributed by atoms with Crippen LogP contribution in [0.1, 0.15) is 40.9 Å². The van der Waals surface area contributed by atoms with Gasteiger partial charge in [-0.05, 0) is 25.1 Å². The Labute approximate surface area is 180 Å². The van der Waals surface area contributed by atoms with Gasteiger partial charge < -0.3 is 20.4 Å². The van der Waals surface area contributed by atoms with E-state index in [2.05, 4.69) is 25.3 Å². The van der Waals surface area contributed by atoms with Crippen LogP contribution < -0.4 is 15.8 Å². The van der Waals surface area contributed by atoms with Gasteiger partial charge in [-0.2, -0.15) is 0 Å². The normalized spacial score (nSPS) is 17.6. The van der Waals surface area contributed by atoms with E-state index >= 15 is 0 Å². The molecule has 0 spiro atoms. The molecule has 0 unspecified atom stereocenters. The van der Waals surface area contributed by atoms with Crippen LogP contribution in [-0.2, 0) is 12.1 Å². The second-order valence-electron chi connectivity index (χ2n) is 7.25. The van der Waals surface area contributed by atoms with E-state index < -0.39 is 29.5 Å². The Morgan fingerprint density at radius 2 is 2.03 bits per heavy atom. The number of rotatable bonds is 5. The zero-order valence-electron chi connectivity index (χ0n) is 17.0. The van der Waals surface area contributed by atoms with E-state index in [1.165, 1.54) is 42.4 Å². The molecule has 4 rings (SSSR count). The van der Waals surface area contributed by atoms with Crippen molar-refractivity contribution in [2.45, 2.75) is 25.4 Å².